The molecule has 1 aromatic rings. The summed E-state index contributed by atoms with van der Waals surface area (Å²) in [7, 11) is -3.33. The van der Waals surface area contributed by atoms with Gasteiger partial charge in [0.15, 0.2) is 9.84 Å². The summed E-state index contributed by atoms with van der Waals surface area (Å²) < 4.78 is 23.1. The second kappa shape index (κ2) is 4.77. The molecule has 0 heterocycles. The van der Waals surface area contributed by atoms with Crippen molar-refractivity contribution in [1.29, 1.82) is 0 Å². The van der Waals surface area contributed by atoms with Crippen molar-refractivity contribution in [1.82, 2.24) is 5.32 Å². The molecule has 1 N–H and O–H groups in total. The fourth-order valence-corrected chi connectivity index (χ4v) is 2.05. The van der Waals surface area contributed by atoms with Crippen LogP contribution in [0.3, 0.4) is 0 Å². The Morgan fingerprint density at radius 1 is 1.36 bits per heavy atom. The molecular formula is C9H11ClNO2S. The summed E-state index contributed by atoms with van der Waals surface area (Å²) in [5.41, 5.74) is 0. The fourth-order valence-electron chi connectivity index (χ4n) is 0.885. The fraction of sp³-hybridized carbons (Fsp3) is 0.222. The van der Waals surface area contributed by atoms with Crippen molar-refractivity contribution in [2.24, 2.45) is 0 Å². The lowest BCUT2D eigenvalue weighted by atomic mass is 10.4. The van der Waals surface area contributed by atoms with E-state index >= 15 is 0 Å². The van der Waals surface area contributed by atoms with Gasteiger partial charge in [0.1, 0.15) is 5.88 Å². The van der Waals surface area contributed by atoms with Crippen LogP contribution >= 0.6 is 11.6 Å². The average molecular weight is 233 g/mol. The Bertz CT molecular complexity index is 386. The highest BCUT2D eigenvalue weighted by atomic mass is 35.5. The maximum absolute atomic E-state index is 11.5. The molecule has 0 aliphatic rings. The third-order valence-electron chi connectivity index (χ3n) is 1.58. The molecule has 0 aromatic heterocycles. The topological polar surface area (TPSA) is 46.2 Å². The maximum atomic E-state index is 11.5. The first-order valence-corrected chi connectivity index (χ1v) is 6.06. The Morgan fingerprint density at radius 3 is 2.43 bits per heavy atom. The van der Waals surface area contributed by atoms with Crippen molar-refractivity contribution in [2.45, 2.75) is 11.8 Å². The second-order valence-electron chi connectivity index (χ2n) is 2.67. The van der Waals surface area contributed by atoms with Gasteiger partial charge in [-0.15, -0.1) is 0 Å². The van der Waals surface area contributed by atoms with Crippen molar-refractivity contribution in [3.05, 3.63) is 35.2 Å². The Morgan fingerprint density at radius 2 is 1.93 bits per heavy atom. The van der Waals surface area contributed by atoms with Crippen LogP contribution in [0, 0.1) is 5.88 Å². The molecule has 5 heteroatoms. The van der Waals surface area contributed by atoms with Gasteiger partial charge >= 0.3 is 0 Å². The molecule has 1 rings (SSSR count). The van der Waals surface area contributed by atoms with Crippen molar-refractivity contribution >= 4 is 21.4 Å². The Balaban J connectivity index is 2.87. The zero-order valence-electron chi connectivity index (χ0n) is 7.70. The maximum Gasteiger partial charge on any atom is 0.196 e. The van der Waals surface area contributed by atoms with E-state index in [9.17, 15) is 8.42 Å². The van der Waals surface area contributed by atoms with Crippen LogP contribution in [0.15, 0.2) is 29.2 Å². The van der Waals surface area contributed by atoms with Crippen molar-refractivity contribution in [3.8, 4) is 0 Å². The molecule has 0 aliphatic heterocycles. The lowest BCUT2D eigenvalue weighted by Gasteiger charge is -2.03. The molecule has 0 fully saturated rings. The summed E-state index contributed by atoms with van der Waals surface area (Å²) in [4.78, 5) is 0.239. The number of sulfone groups is 1. The number of hydrogen-bond acceptors (Lipinski definition) is 3. The standard InChI is InChI=1S/C9H11ClNO2S/c1-2-11-7-14(12,13)9-5-3-8(10)4-6-9/h3-7,11H,2H2,1H3. The number of hydrogen-bond donors (Lipinski definition) is 1. The third-order valence-corrected chi connectivity index (χ3v) is 3.24. The number of nitrogens with one attached hydrogen (secondary N) is 1. The van der Waals surface area contributed by atoms with Crippen LogP contribution < -0.4 is 5.32 Å². The minimum atomic E-state index is -3.33. The molecule has 1 radical (unpaired) electrons. The third kappa shape index (κ3) is 2.97. The van der Waals surface area contributed by atoms with E-state index in [4.69, 9.17) is 11.6 Å². The van der Waals surface area contributed by atoms with Crippen LogP contribution in [0.25, 0.3) is 0 Å². The van der Waals surface area contributed by atoms with E-state index in [-0.39, 0.29) is 4.90 Å². The predicted octanol–water partition coefficient (Wildman–Crippen LogP) is 1.84. The van der Waals surface area contributed by atoms with Crippen LogP contribution in [0.1, 0.15) is 6.92 Å². The van der Waals surface area contributed by atoms with Crippen LogP contribution in [0.2, 0.25) is 5.02 Å². The van der Waals surface area contributed by atoms with Crippen LogP contribution in [-0.2, 0) is 9.84 Å². The monoisotopic (exact) mass is 232 g/mol. The molecule has 0 saturated carbocycles. The summed E-state index contributed by atoms with van der Waals surface area (Å²) in [5.74, 6) is 1.09. The zero-order valence-corrected chi connectivity index (χ0v) is 9.27. The quantitative estimate of drug-likeness (QED) is 0.862. The Kier molecular flexibility index (Phi) is 3.92. The molecule has 0 unspecified atom stereocenters. The van der Waals surface area contributed by atoms with E-state index < -0.39 is 9.84 Å². The van der Waals surface area contributed by atoms with Gasteiger partial charge in [-0.25, -0.2) is 8.42 Å². The SMILES string of the molecule is CCN[CH]S(=O)(=O)c1ccc(Cl)cc1. The van der Waals surface area contributed by atoms with E-state index in [0.717, 1.165) is 5.88 Å². The van der Waals surface area contributed by atoms with E-state index in [1.165, 1.54) is 12.1 Å². The van der Waals surface area contributed by atoms with E-state index in [1.807, 2.05) is 6.92 Å². The molecule has 14 heavy (non-hydrogen) atoms. The van der Waals surface area contributed by atoms with Gasteiger partial charge in [-0.3, -0.25) is 5.32 Å². The van der Waals surface area contributed by atoms with Gasteiger partial charge in [0, 0.05) is 5.02 Å². The highest BCUT2D eigenvalue weighted by molar-refractivity contribution is 7.93. The van der Waals surface area contributed by atoms with Gasteiger partial charge in [-0.05, 0) is 30.8 Å². The van der Waals surface area contributed by atoms with Crippen molar-refractivity contribution in [3.63, 3.8) is 0 Å². The summed E-state index contributed by atoms with van der Waals surface area (Å²) >= 11 is 5.65. The zero-order chi connectivity index (χ0) is 10.6. The highest BCUT2D eigenvalue weighted by Crippen LogP contribution is 2.15. The minimum Gasteiger partial charge on any atom is -0.299 e. The van der Waals surface area contributed by atoms with Gasteiger partial charge < -0.3 is 0 Å². The van der Waals surface area contributed by atoms with Gasteiger partial charge in [-0.1, -0.05) is 18.5 Å². The number of rotatable bonds is 4. The van der Waals surface area contributed by atoms with Gasteiger partial charge in [-0.2, -0.15) is 0 Å². The van der Waals surface area contributed by atoms with Crippen LogP contribution in [0.5, 0.6) is 0 Å². The lowest BCUT2D eigenvalue weighted by molar-refractivity contribution is 0.597. The van der Waals surface area contributed by atoms with E-state index in [2.05, 4.69) is 5.32 Å². The van der Waals surface area contributed by atoms with E-state index in [1.54, 1.807) is 12.1 Å². The van der Waals surface area contributed by atoms with E-state index in [0.29, 0.717) is 11.6 Å². The number of halogens is 1. The molecule has 0 saturated heterocycles. The molecule has 77 valence electrons. The van der Waals surface area contributed by atoms with Gasteiger partial charge in [0.25, 0.3) is 0 Å². The molecule has 0 bridgehead atoms. The molecule has 0 spiro atoms. The summed E-state index contributed by atoms with van der Waals surface area (Å²) in [6.45, 7) is 2.40. The normalized spacial score (nSPS) is 11.6. The van der Waals surface area contributed by atoms with Crippen molar-refractivity contribution < 1.29 is 8.42 Å². The van der Waals surface area contributed by atoms with Gasteiger partial charge in [0.2, 0.25) is 0 Å². The summed E-state index contributed by atoms with van der Waals surface area (Å²) in [6.07, 6.45) is 0. The lowest BCUT2D eigenvalue weighted by Crippen LogP contribution is -2.16. The molecule has 3 nitrogen and oxygen atoms in total. The molecule has 0 amide bonds. The smallest absolute Gasteiger partial charge is 0.196 e. The Hall–Kier alpha value is -0.580. The Labute approximate surface area is 89.0 Å². The molecular weight excluding hydrogens is 222 g/mol. The first kappa shape index (κ1) is 11.5. The molecule has 0 atom stereocenters. The predicted molar refractivity (Wildman–Crippen MR) is 56.6 cm³/mol. The molecule has 1 aromatic carbocycles. The second-order valence-corrected chi connectivity index (χ2v) is 4.91. The highest BCUT2D eigenvalue weighted by Gasteiger charge is 2.13. The van der Waals surface area contributed by atoms with Gasteiger partial charge in [0.05, 0.1) is 4.90 Å². The average Bonchev–Trinajstić information content (AvgIpc) is 2.16. The number of benzene rings is 1. The summed E-state index contributed by atoms with van der Waals surface area (Å²) in [6, 6.07) is 6.06. The molecule has 0 aliphatic carbocycles. The largest absolute Gasteiger partial charge is 0.299 e. The van der Waals surface area contributed by atoms with Crippen LogP contribution in [-0.4, -0.2) is 15.0 Å². The van der Waals surface area contributed by atoms with Crippen LogP contribution in [0.4, 0.5) is 0 Å². The first-order chi connectivity index (χ1) is 6.56. The first-order valence-electron chi connectivity index (χ1n) is 4.13. The minimum absolute atomic E-state index is 0.239. The summed E-state index contributed by atoms with van der Waals surface area (Å²) in [5, 5.41) is 3.18. The van der Waals surface area contributed by atoms with Crippen molar-refractivity contribution in [2.75, 3.05) is 6.54 Å².